The zero-order valence-electron chi connectivity index (χ0n) is 10.5. The lowest BCUT2D eigenvalue weighted by atomic mass is 10.1. The van der Waals surface area contributed by atoms with Gasteiger partial charge >= 0.3 is 5.97 Å². The van der Waals surface area contributed by atoms with Gasteiger partial charge in [0.25, 0.3) is 5.69 Å². The fourth-order valence-corrected chi connectivity index (χ4v) is 1.26. The van der Waals surface area contributed by atoms with Crippen LogP contribution in [0.5, 0.6) is 5.75 Å². The van der Waals surface area contributed by atoms with Gasteiger partial charge in [-0.25, -0.2) is 4.79 Å². The molecule has 0 unspecified atom stereocenters. The quantitative estimate of drug-likeness (QED) is 0.643. The van der Waals surface area contributed by atoms with Crippen molar-refractivity contribution in [2.45, 2.75) is 32.8 Å². The molecule has 0 aliphatic rings. The highest BCUT2D eigenvalue weighted by atomic mass is 16.6. The van der Waals surface area contributed by atoms with Gasteiger partial charge in [0.15, 0.2) is 0 Å². The number of rotatable bonds is 5. The van der Waals surface area contributed by atoms with Crippen LogP contribution in [-0.2, 0) is 0 Å². The first kappa shape index (κ1) is 14.0. The van der Waals surface area contributed by atoms with Crippen LogP contribution in [-0.4, -0.2) is 21.6 Å². The molecular formula is C12H15NO5. The molecule has 1 N–H and O–H groups in total. The molecule has 1 aromatic carbocycles. The molecule has 0 aliphatic carbocycles. The Balaban J connectivity index is 3.20. The standard InChI is InChI=1S/C12H15NO5/c1-4-12(2,3)18-10-6-5-8(13(16)17)7-9(10)11(14)15/h5-7H,4H2,1-3H3,(H,14,15). The van der Waals surface area contributed by atoms with Crippen LogP contribution in [0.2, 0.25) is 0 Å². The van der Waals surface area contributed by atoms with Crippen molar-refractivity contribution in [3.05, 3.63) is 33.9 Å². The zero-order chi connectivity index (χ0) is 13.9. The number of hydrogen-bond donors (Lipinski definition) is 1. The van der Waals surface area contributed by atoms with E-state index >= 15 is 0 Å². The lowest BCUT2D eigenvalue weighted by molar-refractivity contribution is -0.384. The summed E-state index contributed by atoms with van der Waals surface area (Å²) in [5.74, 6) is -1.11. The third kappa shape index (κ3) is 3.19. The van der Waals surface area contributed by atoms with E-state index in [9.17, 15) is 14.9 Å². The van der Waals surface area contributed by atoms with Crippen LogP contribution in [0.4, 0.5) is 5.69 Å². The first-order valence-corrected chi connectivity index (χ1v) is 5.47. The number of hydrogen-bond acceptors (Lipinski definition) is 4. The van der Waals surface area contributed by atoms with Crippen LogP contribution in [0.3, 0.4) is 0 Å². The van der Waals surface area contributed by atoms with Gasteiger partial charge in [0.05, 0.1) is 4.92 Å². The highest BCUT2D eigenvalue weighted by Gasteiger charge is 2.23. The molecule has 1 aromatic rings. The van der Waals surface area contributed by atoms with E-state index in [-0.39, 0.29) is 17.0 Å². The smallest absolute Gasteiger partial charge is 0.339 e. The molecule has 0 amide bonds. The van der Waals surface area contributed by atoms with E-state index in [1.165, 1.54) is 12.1 Å². The summed E-state index contributed by atoms with van der Waals surface area (Å²) in [4.78, 5) is 21.0. The summed E-state index contributed by atoms with van der Waals surface area (Å²) >= 11 is 0. The highest BCUT2D eigenvalue weighted by Crippen LogP contribution is 2.28. The number of aromatic carboxylic acids is 1. The van der Waals surface area contributed by atoms with Gasteiger partial charge in [0.2, 0.25) is 0 Å². The van der Waals surface area contributed by atoms with Crippen molar-refractivity contribution in [3.8, 4) is 5.75 Å². The second kappa shape index (κ2) is 5.03. The predicted octanol–water partition coefficient (Wildman–Crippen LogP) is 2.86. The zero-order valence-corrected chi connectivity index (χ0v) is 10.5. The van der Waals surface area contributed by atoms with Gasteiger partial charge in [0.1, 0.15) is 16.9 Å². The van der Waals surface area contributed by atoms with Crippen molar-refractivity contribution < 1.29 is 19.6 Å². The van der Waals surface area contributed by atoms with Crippen LogP contribution >= 0.6 is 0 Å². The summed E-state index contributed by atoms with van der Waals surface area (Å²) in [6.07, 6.45) is 0.684. The summed E-state index contributed by atoms with van der Waals surface area (Å²) in [7, 11) is 0. The predicted molar refractivity (Wildman–Crippen MR) is 65.1 cm³/mol. The maximum Gasteiger partial charge on any atom is 0.339 e. The van der Waals surface area contributed by atoms with Crippen LogP contribution < -0.4 is 4.74 Å². The van der Waals surface area contributed by atoms with Gasteiger partial charge < -0.3 is 9.84 Å². The molecule has 0 heterocycles. The Bertz CT molecular complexity index is 481. The summed E-state index contributed by atoms with van der Waals surface area (Å²) in [5.41, 5.74) is -1.000. The fourth-order valence-electron chi connectivity index (χ4n) is 1.26. The molecule has 6 heteroatoms. The lowest BCUT2D eigenvalue weighted by Gasteiger charge is -2.25. The highest BCUT2D eigenvalue weighted by molar-refractivity contribution is 5.91. The summed E-state index contributed by atoms with van der Waals surface area (Å²) < 4.78 is 5.57. The fraction of sp³-hybridized carbons (Fsp3) is 0.417. The normalized spacial score (nSPS) is 11.1. The number of ether oxygens (including phenoxy) is 1. The number of carboxylic acid groups (broad SMARTS) is 1. The summed E-state index contributed by atoms with van der Waals surface area (Å²) in [6.45, 7) is 5.55. The monoisotopic (exact) mass is 253 g/mol. The Morgan fingerprint density at radius 2 is 2.11 bits per heavy atom. The molecule has 0 aliphatic heterocycles. The minimum Gasteiger partial charge on any atom is -0.487 e. The van der Waals surface area contributed by atoms with Gasteiger partial charge in [-0.1, -0.05) is 6.92 Å². The summed E-state index contributed by atoms with van der Waals surface area (Å²) in [5, 5.41) is 19.6. The van der Waals surface area contributed by atoms with E-state index in [0.717, 1.165) is 6.07 Å². The molecule has 18 heavy (non-hydrogen) atoms. The van der Waals surface area contributed by atoms with Crippen LogP contribution in [0.25, 0.3) is 0 Å². The third-order valence-corrected chi connectivity index (χ3v) is 2.64. The Labute approximate surface area is 104 Å². The van der Waals surface area contributed by atoms with Crippen molar-refractivity contribution in [2.24, 2.45) is 0 Å². The molecule has 0 bridgehead atoms. The Morgan fingerprint density at radius 1 is 1.50 bits per heavy atom. The lowest BCUT2D eigenvalue weighted by Crippen LogP contribution is -2.27. The number of nitro benzene ring substituents is 1. The van der Waals surface area contributed by atoms with Crippen LogP contribution in [0.1, 0.15) is 37.6 Å². The second-order valence-corrected chi connectivity index (χ2v) is 4.46. The van der Waals surface area contributed by atoms with Gasteiger partial charge in [-0.05, 0) is 26.3 Å². The van der Waals surface area contributed by atoms with E-state index in [1.807, 2.05) is 20.8 Å². The molecule has 98 valence electrons. The first-order chi connectivity index (χ1) is 8.26. The van der Waals surface area contributed by atoms with Crippen molar-refractivity contribution in [3.63, 3.8) is 0 Å². The van der Waals surface area contributed by atoms with Crippen molar-refractivity contribution in [1.29, 1.82) is 0 Å². The van der Waals surface area contributed by atoms with E-state index in [1.54, 1.807) is 0 Å². The van der Waals surface area contributed by atoms with Gasteiger partial charge in [-0.3, -0.25) is 10.1 Å². The topological polar surface area (TPSA) is 89.7 Å². The van der Waals surface area contributed by atoms with Gasteiger partial charge in [-0.2, -0.15) is 0 Å². The van der Waals surface area contributed by atoms with E-state index in [2.05, 4.69) is 0 Å². The molecule has 0 saturated carbocycles. The molecule has 1 rings (SSSR count). The minimum atomic E-state index is -1.25. The molecular weight excluding hydrogens is 238 g/mol. The molecule has 0 radical (unpaired) electrons. The van der Waals surface area contributed by atoms with Crippen molar-refractivity contribution >= 4 is 11.7 Å². The second-order valence-electron chi connectivity index (χ2n) is 4.46. The number of carbonyl (C=O) groups is 1. The Hall–Kier alpha value is -2.11. The number of benzene rings is 1. The van der Waals surface area contributed by atoms with Crippen molar-refractivity contribution in [2.75, 3.05) is 0 Å². The molecule has 0 fully saturated rings. The molecule has 0 aromatic heterocycles. The summed E-state index contributed by atoms with van der Waals surface area (Å²) in [6, 6.07) is 3.55. The average molecular weight is 253 g/mol. The molecule has 6 nitrogen and oxygen atoms in total. The molecule has 0 spiro atoms. The third-order valence-electron chi connectivity index (χ3n) is 2.64. The van der Waals surface area contributed by atoms with Crippen LogP contribution in [0, 0.1) is 10.1 Å². The van der Waals surface area contributed by atoms with Gasteiger partial charge in [0, 0.05) is 12.1 Å². The molecule has 0 atom stereocenters. The SMILES string of the molecule is CCC(C)(C)Oc1ccc([N+](=O)[O-])cc1C(=O)O. The van der Waals surface area contributed by atoms with E-state index in [0.29, 0.717) is 6.42 Å². The number of nitro groups is 1. The van der Waals surface area contributed by atoms with Crippen molar-refractivity contribution in [1.82, 2.24) is 0 Å². The van der Waals surface area contributed by atoms with E-state index < -0.39 is 16.5 Å². The number of non-ortho nitro benzene ring substituents is 1. The maximum atomic E-state index is 11.1. The van der Waals surface area contributed by atoms with Gasteiger partial charge in [-0.15, -0.1) is 0 Å². The molecule has 0 saturated heterocycles. The Kier molecular flexibility index (Phi) is 3.90. The first-order valence-electron chi connectivity index (χ1n) is 5.47. The Morgan fingerprint density at radius 3 is 2.56 bits per heavy atom. The number of nitrogens with zero attached hydrogens (tertiary/aromatic N) is 1. The average Bonchev–Trinajstić information content (AvgIpc) is 2.28. The largest absolute Gasteiger partial charge is 0.487 e. The van der Waals surface area contributed by atoms with Crippen LogP contribution in [0.15, 0.2) is 18.2 Å². The number of carboxylic acids is 1. The minimum absolute atomic E-state index is 0.139. The maximum absolute atomic E-state index is 11.1. The van der Waals surface area contributed by atoms with E-state index in [4.69, 9.17) is 9.84 Å².